The van der Waals surface area contributed by atoms with Gasteiger partial charge in [-0.1, -0.05) is 6.07 Å². The zero-order valence-electron chi connectivity index (χ0n) is 8.61. The molecule has 15 heavy (non-hydrogen) atoms. The fourth-order valence-electron chi connectivity index (χ4n) is 1.51. The van der Waals surface area contributed by atoms with Crippen LogP contribution >= 0.6 is 0 Å². The van der Waals surface area contributed by atoms with E-state index in [1.807, 2.05) is 26.0 Å². The number of benzene rings is 1. The van der Waals surface area contributed by atoms with Gasteiger partial charge in [-0.05, 0) is 43.2 Å². The molecule has 0 saturated carbocycles. The number of nitrogens with zero attached hydrogens (tertiary/aromatic N) is 1. The second-order valence-corrected chi connectivity index (χ2v) is 3.63. The van der Waals surface area contributed by atoms with E-state index in [2.05, 4.69) is 4.98 Å². The van der Waals surface area contributed by atoms with Gasteiger partial charge in [0.15, 0.2) is 0 Å². The largest absolute Gasteiger partial charge is 0.477 e. The van der Waals surface area contributed by atoms with Gasteiger partial charge in [0.25, 0.3) is 0 Å². The number of carboxylic acids is 1. The molecular formula is C12H11NO2. The molecule has 1 heterocycles. The minimum Gasteiger partial charge on any atom is -0.477 e. The van der Waals surface area contributed by atoms with Gasteiger partial charge in [-0.3, -0.25) is 0 Å². The number of fused-ring (bicyclic) bond motifs is 1. The first-order valence-corrected chi connectivity index (χ1v) is 4.69. The first kappa shape index (κ1) is 9.65. The van der Waals surface area contributed by atoms with E-state index in [1.165, 1.54) is 11.6 Å². The number of hydrogen-bond acceptors (Lipinski definition) is 2. The van der Waals surface area contributed by atoms with E-state index in [0.717, 1.165) is 16.5 Å². The van der Waals surface area contributed by atoms with Crippen LogP contribution in [-0.2, 0) is 0 Å². The molecule has 0 amide bonds. The number of hydrogen-bond donors (Lipinski definition) is 1. The minimum absolute atomic E-state index is 0.0887. The number of carboxylic acid groups (broad SMARTS) is 1. The second-order valence-electron chi connectivity index (χ2n) is 3.63. The number of aromatic nitrogens is 1. The van der Waals surface area contributed by atoms with Gasteiger partial charge < -0.3 is 5.11 Å². The lowest BCUT2D eigenvalue weighted by atomic mass is 10.1. The lowest BCUT2D eigenvalue weighted by Gasteiger charge is -2.03. The van der Waals surface area contributed by atoms with Gasteiger partial charge in [-0.15, -0.1) is 0 Å². The smallest absolute Gasteiger partial charge is 0.354 e. The van der Waals surface area contributed by atoms with Crippen LogP contribution < -0.4 is 0 Å². The highest BCUT2D eigenvalue weighted by atomic mass is 16.4. The van der Waals surface area contributed by atoms with Crippen LogP contribution in [0.5, 0.6) is 0 Å². The third kappa shape index (κ3) is 1.68. The summed E-state index contributed by atoms with van der Waals surface area (Å²) in [6, 6.07) is 7.25. The molecule has 1 aromatic heterocycles. The Morgan fingerprint density at radius 3 is 2.53 bits per heavy atom. The first-order chi connectivity index (χ1) is 7.08. The van der Waals surface area contributed by atoms with Crippen LogP contribution in [0.15, 0.2) is 24.3 Å². The van der Waals surface area contributed by atoms with E-state index in [9.17, 15) is 4.79 Å². The molecule has 0 spiro atoms. The highest BCUT2D eigenvalue weighted by Crippen LogP contribution is 2.18. The zero-order chi connectivity index (χ0) is 11.0. The van der Waals surface area contributed by atoms with Crippen LogP contribution in [0.4, 0.5) is 0 Å². The Balaban J connectivity index is 2.72. The van der Waals surface area contributed by atoms with Crippen molar-refractivity contribution >= 4 is 16.9 Å². The molecule has 0 radical (unpaired) electrons. The van der Waals surface area contributed by atoms with Crippen molar-refractivity contribution in [2.75, 3.05) is 0 Å². The van der Waals surface area contributed by atoms with Crippen LogP contribution in [0.1, 0.15) is 21.6 Å². The lowest BCUT2D eigenvalue weighted by molar-refractivity contribution is 0.0691. The highest BCUT2D eigenvalue weighted by molar-refractivity contribution is 5.90. The third-order valence-corrected chi connectivity index (χ3v) is 2.52. The predicted octanol–water partition coefficient (Wildman–Crippen LogP) is 2.55. The molecule has 0 aliphatic heterocycles. The summed E-state index contributed by atoms with van der Waals surface area (Å²) in [5, 5.41) is 9.78. The highest BCUT2D eigenvalue weighted by Gasteiger charge is 2.06. The number of pyridine rings is 1. The fraction of sp³-hybridized carbons (Fsp3) is 0.167. The molecular weight excluding hydrogens is 190 g/mol. The van der Waals surface area contributed by atoms with Crippen LogP contribution in [0.25, 0.3) is 10.9 Å². The second kappa shape index (κ2) is 3.35. The molecule has 0 aliphatic carbocycles. The van der Waals surface area contributed by atoms with Crippen molar-refractivity contribution in [3.8, 4) is 0 Å². The maximum atomic E-state index is 10.7. The van der Waals surface area contributed by atoms with E-state index in [4.69, 9.17) is 5.11 Å². The molecule has 76 valence electrons. The van der Waals surface area contributed by atoms with E-state index < -0.39 is 5.97 Å². The van der Waals surface area contributed by atoms with Crippen molar-refractivity contribution in [1.29, 1.82) is 0 Å². The van der Waals surface area contributed by atoms with Gasteiger partial charge in [0.05, 0.1) is 5.52 Å². The standard InChI is InChI=1S/C12H11NO2/c1-7-5-9-3-4-10(12(14)15)13-11(9)6-8(7)2/h3-6H,1-2H3,(H,14,15). The maximum absolute atomic E-state index is 10.7. The molecule has 0 unspecified atom stereocenters. The number of aromatic carboxylic acids is 1. The Kier molecular flexibility index (Phi) is 2.15. The van der Waals surface area contributed by atoms with Gasteiger partial charge in [-0.25, -0.2) is 9.78 Å². The van der Waals surface area contributed by atoms with Gasteiger partial charge in [0.2, 0.25) is 0 Å². The quantitative estimate of drug-likeness (QED) is 0.771. The summed E-state index contributed by atoms with van der Waals surface area (Å²) >= 11 is 0. The van der Waals surface area contributed by atoms with Crippen molar-refractivity contribution in [2.24, 2.45) is 0 Å². The van der Waals surface area contributed by atoms with Gasteiger partial charge >= 0.3 is 5.97 Å². The molecule has 0 aliphatic rings. The van der Waals surface area contributed by atoms with Crippen LogP contribution in [0, 0.1) is 13.8 Å². The Hall–Kier alpha value is -1.90. The maximum Gasteiger partial charge on any atom is 0.354 e. The monoisotopic (exact) mass is 201 g/mol. The van der Waals surface area contributed by atoms with Gasteiger partial charge in [0.1, 0.15) is 5.69 Å². The fourth-order valence-corrected chi connectivity index (χ4v) is 1.51. The Morgan fingerprint density at radius 2 is 1.87 bits per heavy atom. The van der Waals surface area contributed by atoms with Crippen molar-refractivity contribution < 1.29 is 9.90 Å². The van der Waals surface area contributed by atoms with Crippen molar-refractivity contribution in [3.05, 3.63) is 41.1 Å². The molecule has 2 rings (SSSR count). The topological polar surface area (TPSA) is 50.2 Å². The lowest BCUT2D eigenvalue weighted by Crippen LogP contribution is -1.99. The molecule has 2 aromatic rings. The summed E-state index contributed by atoms with van der Waals surface area (Å²) in [6.07, 6.45) is 0. The SMILES string of the molecule is Cc1cc2ccc(C(=O)O)nc2cc1C. The van der Waals surface area contributed by atoms with Crippen molar-refractivity contribution in [2.45, 2.75) is 13.8 Å². The summed E-state index contributed by atoms with van der Waals surface area (Å²) in [7, 11) is 0. The number of aryl methyl sites for hydroxylation is 2. The van der Waals surface area contributed by atoms with Crippen molar-refractivity contribution in [3.63, 3.8) is 0 Å². The summed E-state index contributed by atoms with van der Waals surface area (Å²) in [4.78, 5) is 14.8. The third-order valence-electron chi connectivity index (χ3n) is 2.52. The Morgan fingerprint density at radius 1 is 1.20 bits per heavy atom. The summed E-state index contributed by atoms with van der Waals surface area (Å²) in [5.41, 5.74) is 3.13. The van der Waals surface area contributed by atoms with E-state index >= 15 is 0 Å². The summed E-state index contributed by atoms with van der Waals surface area (Å²) in [6.45, 7) is 4.02. The predicted molar refractivity (Wildman–Crippen MR) is 58.2 cm³/mol. The molecule has 1 aromatic carbocycles. The van der Waals surface area contributed by atoms with E-state index in [0.29, 0.717) is 0 Å². The van der Waals surface area contributed by atoms with Crippen LogP contribution in [-0.4, -0.2) is 16.1 Å². The van der Waals surface area contributed by atoms with E-state index in [-0.39, 0.29) is 5.69 Å². The summed E-state index contributed by atoms with van der Waals surface area (Å²) < 4.78 is 0. The normalized spacial score (nSPS) is 10.5. The van der Waals surface area contributed by atoms with Gasteiger partial charge in [0, 0.05) is 5.39 Å². The Bertz CT molecular complexity index is 547. The average molecular weight is 201 g/mol. The first-order valence-electron chi connectivity index (χ1n) is 4.69. The Labute approximate surface area is 87.4 Å². The molecule has 0 fully saturated rings. The molecule has 1 N–H and O–H groups in total. The van der Waals surface area contributed by atoms with Crippen molar-refractivity contribution in [1.82, 2.24) is 4.98 Å². The molecule has 3 heteroatoms. The molecule has 0 atom stereocenters. The van der Waals surface area contributed by atoms with Crippen LogP contribution in [0.3, 0.4) is 0 Å². The molecule has 0 saturated heterocycles. The average Bonchev–Trinajstić information content (AvgIpc) is 2.19. The zero-order valence-corrected chi connectivity index (χ0v) is 8.61. The number of carbonyl (C=O) groups is 1. The van der Waals surface area contributed by atoms with Crippen LogP contribution in [0.2, 0.25) is 0 Å². The van der Waals surface area contributed by atoms with E-state index in [1.54, 1.807) is 6.07 Å². The minimum atomic E-state index is -0.991. The number of rotatable bonds is 1. The molecule has 0 bridgehead atoms. The summed E-state index contributed by atoms with van der Waals surface area (Å²) in [5.74, 6) is -0.991. The molecule has 3 nitrogen and oxygen atoms in total. The van der Waals surface area contributed by atoms with Gasteiger partial charge in [-0.2, -0.15) is 0 Å².